The molecule has 0 aliphatic carbocycles. The normalized spacial score (nSPS) is 17.2. The topological polar surface area (TPSA) is 27.3 Å². The Kier molecular flexibility index (Phi) is 5.87. The Morgan fingerprint density at radius 1 is 1.20 bits per heavy atom. The van der Waals surface area contributed by atoms with Gasteiger partial charge in [-0.25, -0.2) is 4.39 Å². The standard InChI is InChI=1S/C20H24FN3S/c1-15-5-4-12-24(14-15)17-10-8-16(9-11-17)13-22-20(25)23-19-7-3-2-6-18(19)21/h2-3,6-11,15H,4-5,12-14H2,1H3,(H2,22,23,25)/t15-/m1/s1. The van der Waals surface area contributed by atoms with E-state index >= 15 is 0 Å². The molecule has 0 aromatic heterocycles. The van der Waals surface area contributed by atoms with Gasteiger partial charge in [-0.05, 0) is 60.8 Å². The summed E-state index contributed by atoms with van der Waals surface area (Å²) in [6.07, 6.45) is 2.59. The number of halogens is 1. The van der Waals surface area contributed by atoms with Gasteiger partial charge in [-0.3, -0.25) is 0 Å². The Morgan fingerprint density at radius 3 is 2.68 bits per heavy atom. The first kappa shape index (κ1) is 17.7. The second-order valence-electron chi connectivity index (χ2n) is 6.65. The summed E-state index contributed by atoms with van der Waals surface area (Å²) in [7, 11) is 0. The molecule has 5 heteroatoms. The van der Waals surface area contributed by atoms with Crippen LogP contribution in [0.15, 0.2) is 48.5 Å². The molecule has 1 aliphatic rings. The fourth-order valence-corrected chi connectivity index (χ4v) is 3.34. The van der Waals surface area contributed by atoms with E-state index in [-0.39, 0.29) is 5.82 Å². The lowest BCUT2D eigenvalue weighted by atomic mass is 9.99. The highest BCUT2D eigenvalue weighted by atomic mass is 32.1. The number of nitrogens with one attached hydrogen (secondary N) is 2. The maximum absolute atomic E-state index is 13.6. The molecule has 1 atom stereocenters. The molecule has 2 aromatic carbocycles. The molecular weight excluding hydrogens is 333 g/mol. The number of rotatable bonds is 4. The SMILES string of the molecule is C[C@@H]1CCCN(c2ccc(CNC(=S)Nc3ccccc3F)cc2)C1. The van der Waals surface area contributed by atoms with Gasteiger partial charge in [-0.15, -0.1) is 0 Å². The van der Waals surface area contributed by atoms with Gasteiger partial charge in [-0.1, -0.05) is 31.2 Å². The first-order chi connectivity index (χ1) is 12.1. The molecule has 0 radical (unpaired) electrons. The van der Waals surface area contributed by atoms with Gasteiger partial charge in [0.2, 0.25) is 0 Å². The van der Waals surface area contributed by atoms with Crippen molar-refractivity contribution < 1.29 is 4.39 Å². The van der Waals surface area contributed by atoms with Crippen LogP contribution in [0.5, 0.6) is 0 Å². The van der Waals surface area contributed by atoms with E-state index in [1.165, 1.54) is 24.6 Å². The monoisotopic (exact) mass is 357 g/mol. The van der Waals surface area contributed by atoms with Crippen molar-refractivity contribution >= 4 is 28.7 Å². The van der Waals surface area contributed by atoms with E-state index in [0.717, 1.165) is 24.6 Å². The van der Waals surface area contributed by atoms with E-state index in [9.17, 15) is 4.39 Å². The van der Waals surface area contributed by atoms with Crippen molar-refractivity contribution in [2.24, 2.45) is 5.92 Å². The average molecular weight is 357 g/mol. The number of thiocarbonyl (C=S) groups is 1. The lowest BCUT2D eigenvalue weighted by Crippen LogP contribution is -2.34. The van der Waals surface area contributed by atoms with Crippen LogP contribution in [-0.4, -0.2) is 18.2 Å². The Hall–Kier alpha value is -2.14. The van der Waals surface area contributed by atoms with E-state index in [0.29, 0.717) is 17.3 Å². The molecule has 1 heterocycles. The molecule has 1 fully saturated rings. The van der Waals surface area contributed by atoms with Gasteiger partial charge in [0.25, 0.3) is 0 Å². The molecule has 0 spiro atoms. The van der Waals surface area contributed by atoms with Crippen molar-refractivity contribution in [3.8, 4) is 0 Å². The Morgan fingerprint density at radius 2 is 1.96 bits per heavy atom. The first-order valence-corrected chi connectivity index (χ1v) is 9.16. The maximum atomic E-state index is 13.6. The zero-order valence-electron chi connectivity index (χ0n) is 14.5. The summed E-state index contributed by atoms with van der Waals surface area (Å²) < 4.78 is 13.6. The number of hydrogen-bond acceptors (Lipinski definition) is 2. The summed E-state index contributed by atoms with van der Waals surface area (Å²) >= 11 is 5.24. The number of para-hydroxylation sites is 1. The van der Waals surface area contributed by atoms with E-state index in [2.05, 4.69) is 46.7 Å². The van der Waals surface area contributed by atoms with Crippen LogP contribution in [0.4, 0.5) is 15.8 Å². The van der Waals surface area contributed by atoms with Gasteiger partial charge in [0.15, 0.2) is 5.11 Å². The molecule has 25 heavy (non-hydrogen) atoms. The van der Waals surface area contributed by atoms with Crippen LogP contribution in [0.1, 0.15) is 25.3 Å². The fourth-order valence-electron chi connectivity index (χ4n) is 3.16. The van der Waals surface area contributed by atoms with Crippen molar-refractivity contribution in [3.63, 3.8) is 0 Å². The quantitative estimate of drug-likeness (QED) is 0.785. The van der Waals surface area contributed by atoms with Gasteiger partial charge < -0.3 is 15.5 Å². The average Bonchev–Trinajstić information content (AvgIpc) is 2.62. The lowest BCUT2D eigenvalue weighted by molar-refractivity contribution is 0.447. The zero-order valence-corrected chi connectivity index (χ0v) is 15.3. The minimum atomic E-state index is -0.313. The molecule has 1 aliphatic heterocycles. The molecule has 132 valence electrons. The van der Waals surface area contributed by atoms with Crippen LogP contribution in [0.2, 0.25) is 0 Å². The molecular formula is C20H24FN3S. The minimum Gasteiger partial charge on any atom is -0.371 e. The summed E-state index contributed by atoms with van der Waals surface area (Å²) in [5.74, 6) is 0.448. The molecule has 0 saturated carbocycles. The summed E-state index contributed by atoms with van der Waals surface area (Å²) in [5.41, 5.74) is 2.81. The van der Waals surface area contributed by atoms with E-state index in [1.807, 2.05) is 0 Å². The molecule has 0 bridgehead atoms. The van der Waals surface area contributed by atoms with Gasteiger partial charge in [0.05, 0.1) is 5.69 Å². The van der Waals surface area contributed by atoms with Crippen LogP contribution in [0, 0.1) is 11.7 Å². The smallest absolute Gasteiger partial charge is 0.171 e. The summed E-state index contributed by atoms with van der Waals surface area (Å²) in [4.78, 5) is 2.45. The third-order valence-corrected chi connectivity index (χ3v) is 4.78. The maximum Gasteiger partial charge on any atom is 0.171 e. The lowest BCUT2D eigenvalue weighted by Gasteiger charge is -2.32. The van der Waals surface area contributed by atoms with Crippen LogP contribution >= 0.6 is 12.2 Å². The molecule has 2 aromatic rings. The number of benzene rings is 2. The molecule has 3 rings (SSSR count). The second kappa shape index (κ2) is 8.30. The molecule has 2 N–H and O–H groups in total. The number of piperidine rings is 1. The molecule has 1 saturated heterocycles. The summed E-state index contributed by atoms with van der Waals surface area (Å²) in [6.45, 7) is 5.19. The second-order valence-corrected chi connectivity index (χ2v) is 7.06. The molecule has 0 amide bonds. The number of anilines is 2. The van der Waals surface area contributed by atoms with E-state index in [4.69, 9.17) is 12.2 Å². The molecule has 3 nitrogen and oxygen atoms in total. The summed E-state index contributed by atoms with van der Waals surface area (Å²) in [5, 5.41) is 6.42. The van der Waals surface area contributed by atoms with Crippen LogP contribution in [0.3, 0.4) is 0 Å². The third kappa shape index (κ3) is 4.92. The van der Waals surface area contributed by atoms with Crippen molar-refractivity contribution in [3.05, 3.63) is 59.9 Å². The van der Waals surface area contributed by atoms with Crippen LogP contribution in [-0.2, 0) is 6.54 Å². The van der Waals surface area contributed by atoms with Crippen LogP contribution in [0.25, 0.3) is 0 Å². The van der Waals surface area contributed by atoms with E-state index in [1.54, 1.807) is 18.2 Å². The van der Waals surface area contributed by atoms with Gasteiger partial charge in [-0.2, -0.15) is 0 Å². The Bertz CT molecular complexity index is 717. The van der Waals surface area contributed by atoms with Crippen molar-refractivity contribution in [2.45, 2.75) is 26.3 Å². The third-order valence-electron chi connectivity index (χ3n) is 4.53. The molecule has 0 unspecified atom stereocenters. The van der Waals surface area contributed by atoms with Crippen molar-refractivity contribution in [1.29, 1.82) is 0 Å². The number of nitrogens with zero attached hydrogens (tertiary/aromatic N) is 1. The van der Waals surface area contributed by atoms with Crippen molar-refractivity contribution in [2.75, 3.05) is 23.3 Å². The fraction of sp³-hybridized carbons (Fsp3) is 0.350. The minimum absolute atomic E-state index is 0.313. The van der Waals surface area contributed by atoms with Gasteiger partial charge >= 0.3 is 0 Å². The largest absolute Gasteiger partial charge is 0.371 e. The Labute approximate surface area is 154 Å². The Balaban J connectivity index is 1.51. The van der Waals surface area contributed by atoms with Gasteiger partial charge in [0, 0.05) is 25.3 Å². The van der Waals surface area contributed by atoms with Crippen LogP contribution < -0.4 is 15.5 Å². The predicted octanol–water partition coefficient (Wildman–Crippen LogP) is 4.55. The number of hydrogen-bond donors (Lipinski definition) is 2. The van der Waals surface area contributed by atoms with E-state index < -0.39 is 0 Å². The highest BCUT2D eigenvalue weighted by Gasteiger charge is 2.16. The van der Waals surface area contributed by atoms with Gasteiger partial charge in [0.1, 0.15) is 5.82 Å². The summed E-state index contributed by atoms with van der Waals surface area (Å²) in [6, 6.07) is 15.1. The zero-order chi connectivity index (χ0) is 17.6. The first-order valence-electron chi connectivity index (χ1n) is 8.75. The van der Waals surface area contributed by atoms with Crippen molar-refractivity contribution in [1.82, 2.24) is 5.32 Å². The predicted molar refractivity (Wildman–Crippen MR) is 107 cm³/mol. The highest BCUT2D eigenvalue weighted by molar-refractivity contribution is 7.80. The highest BCUT2D eigenvalue weighted by Crippen LogP contribution is 2.23.